The van der Waals surface area contributed by atoms with Gasteiger partial charge in [-0.2, -0.15) is 0 Å². The number of aromatic nitrogens is 5. The summed E-state index contributed by atoms with van der Waals surface area (Å²) in [6, 6.07) is 10.1. The Kier molecular flexibility index (Phi) is 3.18. The van der Waals surface area contributed by atoms with Crippen LogP contribution in [0.15, 0.2) is 47.7 Å². The molecule has 0 aromatic carbocycles. The molecule has 6 nitrogen and oxygen atoms in total. The summed E-state index contributed by atoms with van der Waals surface area (Å²) in [5, 5.41) is 0. The van der Waals surface area contributed by atoms with Gasteiger partial charge in [0.1, 0.15) is 5.82 Å². The molecule has 126 valence electrons. The number of imidazole rings is 1. The number of rotatable bonds is 2. The molecule has 6 heteroatoms. The zero-order chi connectivity index (χ0) is 17.7. The van der Waals surface area contributed by atoms with Gasteiger partial charge < -0.3 is 4.98 Å². The molecule has 26 heavy (non-hydrogen) atoms. The lowest BCUT2D eigenvalue weighted by Crippen LogP contribution is -2.01. The van der Waals surface area contributed by atoms with Crippen LogP contribution < -0.4 is 0 Å². The molecule has 0 saturated heterocycles. The molecule has 1 aliphatic rings. The Balaban J connectivity index is 1.46. The average Bonchev–Trinajstić information content (AvgIpc) is 3.21. The van der Waals surface area contributed by atoms with Gasteiger partial charge in [0.2, 0.25) is 0 Å². The SMILES string of the molecule is Cc1ccc(-c2ccc(C3=Nc4nc5nc(C)[nH]c5cc4C3)cn2)nc1. The van der Waals surface area contributed by atoms with Crippen molar-refractivity contribution in [2.45, 2.75) is 20.3 Å². The minimum atomic E-state index is 0.713. The summed E-state index contributed by atoms with van der Waals surface area (Å²) in [7, 11) is 0. The Morgan fingerprint density at radius 1 is 0.923 bits per heavy atom. The normalized spacial score (nSPS) is 13.1. The number of nitrogens with zero attached hydrogens (tertiary/aromatic N) is 5. The lowest BCUT2D eigenvalue weighted by atomic mass is 10.1. The van der Waals surface area contributed by atoms with Gasteiger partial charge in [0.05, 0.1) is 22.6 Å². The quantitative estimate of drug-likeness (QED) is 0.603. The van der Waals surface area contributed by atoms with E-state index in [9.17, 15) is 0 Å². The van der Waals surface area contributed by atoms with Crippen molar-refractivity contribution in [1.82, 2.24) is 24.9 Å². The van der Waals surface area contributed by atoms with Crippen molar-refractivity contribution in [2.75, 3.05) is 0 Å². The van der Waals surface area contributed by atoms with Crippen LogP contribution in [0.1, 0.15) is 22.5 Å². The van der Waals surface area contributed by atoms with Crippen LogP contribution in [-0.2, 0) is 6.42 Å². The molecular formula is C20H16N6. The van der Waals surface area contributed by atoms with Gasteiger partial charge in [-0.1, -0.05) is 6.07 Å². The summed E-state index contributed by atoms with van der Waals surface area (Å²) in [5.74, 6) is 1.62. The van der Waals surface area contributed by atoms with Crippen molar-refractivity contribution in [3.8, 4) is 11.4 Å². The highest BCUT2D eigenvalue weighted by Gasteiger charge is 2.19. The lowest BCUT2D eigenvalue weighted by molar-refractivity contribution is 1.16. The van der Waals surface area contributed by atoms with Crippen LogP contribution in [0, 0.1) is 13.8 Å². The van der Waals surface area contributed by atoms with Gasteiger partial charge in [-0.25, -0.2) is 15.0 Å². The number of hydrogen-bond acceptors (Lipinski definition) is 5. The highest BCUT2D eigenvalue weighted by Crippen LogP contribution is 2.29. The molecule has 0 saturated carbocycles. The third-order valence-corrected chi connectivity index (χ3v) is 4.52. The van der Waals surface area contributed by atoms with Gasteiger partial charge in [0.15, 0.2) is 11.5 Å². The van der Waals surface area contributed by atoms with Crippen LogP contribution in [-0.4, -0.2) is 30.6 Å². The molecule has 0 amide bonds. The monoisotopic (exact) mass is 340 g/mol. The molecule has 0 unspecified atom stereocenters. The maximum absolute atomic E-state index is 4.69. The molecule has 0 radical (unpaired) electrons. The van der Waals surface area contributed by atoms with Gasteiger partial charge in [0, 0.05) is 29.9 Å². The van der Waals surface area contributed by atoms with Crippen molar-refractivity contribution in [2.24, 2.45) is 4.99 Å². The summed E-state index contributed by atoms with van der Waals surface area (Å²) >= 11 is 0. The number of aromatic amines is 1. The van der Waals surface area contributed by atoms with E-state index in [-0.39, 0.29) is 0 Å². The summed E-state index contributed by atoms with van der Waals surface area (Å²) in [5.41, 5.74) is 7.63. The molecule has 0 fully saturated rings. The Morgan fingerprint density at radius 2 is 1.73 bits per heavy atom. The first kappa shape index (κ1) is 14.9. The van der Waals surface area contributed by atoms with Crippen molar-refractivity contribution in [3.63, 3.8) is 0 Å². The fourth-order valence-electron chi connectivity index (χ4n) is 3.17. The zero-order valence-corrected chi connectivity index (χ0v) is 14.5. The third-order valence-electron chi connectivity index (χ3n) is 4.52. The molecule has 4 aromatic heterocycles. The van der Waals surface area contributed by atoms with E-state index in [1.807, 2.05) is 50.5 Å². The molecule has 1 aliphatic heterocycles. The third kappa shape index (κ3) is 2.47. The number of hydrogen-bond donors (Lipinski definition) is 1. The van der Waals surface area contributed by atoms with E-state index in [4.69, 9.17) is 4.99 Å². The van der Waals surface area contributed by atoms with Crippen molar-refractivity contribution < 1.29 is 0 Å². The van der Waals surface area contributed by atoms with Gasteiger partial charge in [-0.15, -0.1) is 0 Å². The first-order valence-corrected chi connectivity index (χ1v) is 8.49. The molecule has 5 heterocycles. The van der Waals surface area contributed by atoms with Gasteiger partial charge in [0.25, 0.3) is 0 Å². The van der Waals surface area contributed by atoms with Crippen LogP contribution in [0.25, 0.3) is 22.6 Å². The first-order valence-electron chi connectivity index (χ1n) is 8.49. The van der Waals surface area contributed by atoms with E-state index < -0.39 is 0 Å². The van der Waals surface area contributed by atoms with Crippen LogP contribution >= 0.6 is 0 Å². The molecule has 0 aliphatic carbocycles. The van der Waals surface area contributed by atoms with E-state index in [2.05, 4.69) is 31.0 Å². The highest BCUT2D eigenvalue weighted by molar-refractivity contribution is 6.06. The van der Waals surface area contributed by atoms with Crippen LogP contribution in [0.2, 0.25) is 0 Å². The predicted octanol–water partition coefficient (Wildman–Crippen LogP) is 3.71. The van der Waals surface area contributed by atoms with E-state index in [1.54, 1.807) is 0 Å². The second kappa shape index (κ2) is 5.56. The van der Waals surface area contributed by atoms with Crippen LogP contribution in [0.5, 0.6) is 0 Å². The van der Waals surface area contributed by atoms with E-state index in [0.29, 0.717) is 5.65 Å². The van der Waals surface area contributed by atoms with E-state index in [1.165, 1.54) is 0 Å². The second-order valence-corrected chi connectivity index (χ2v) is 6.55. The van der Waals surface area contributed by atoms with Gasteiger partial charge >= 0.3 is 0 Å². The topological polar surface area (TPSA) is 79.7 Å². The molecule has 1 N–H and O–H groups in total. The number of aryl methyl sites for hydroxylation is 2. The number of fused-ring (bicyclic) bond motifs is 2. The van der Waals surface area contributed by atoms with Gasteiger partial charge in [-0.05, 0) is 43.7 Å². The first-order chi connectivity index (χ1) is 12.7. The highest BCUT2D eigenvalue weighted by atomic mass is 15.0. The summed E-state index contributed by atoms with van der Waals surface area (Å²) in [6.07, 6.45) is 4.46. The fourth-order valence-corrected chi connectivity index (χ4v) is 3.17. The van der Waals surface area contributed by atoms with Crippen molar-refractivity contribution >= 4 is 22.7 Å². The van der Waals surface area contributed by atoms with Crippen LogP contribution in [0.3, 0.4) is 0 Å². The minimum Gasteiger partial charge on any atom is -0.341 e. The smallest absolute Gasteiger partial charge is 0.179 e. The van der Waals surface area contributed by atoms with Crippen LogP contribution in [0.4, 0.5) is 5.82 Å². The Labute approximate surface area is 150 Å². The van der Waals surface area contributed by atoms with Crippen molar-refractivity contribution in [3.05, 3.63) is 65.2 Å². The molecule has 5 rings (SSSR count). The summed E-state index contributed by atoms with van der Waals surface area (Å²) in [6.45, 7) is 3.95. The number of pyridine rings is 3. The Bertz CT molecular complexity index is 1150. The predicted molar refractivity (Wildman–Crippen MR) is 101 cm³/mol. The molecule has 0 spiro atoms. The second-order valence-electron chi connectivity index (χ2n) is 6.55. The average molecular weight is 340 g/mol. The molecule has 4 aromatic rings. The number of H-pyrrole nitrogens is 1. The maximum Gasteiger partial charge on any atom is 0.179 e. The molecule has 0 atom stereocenters. The molecular weight excluding hydrogens is 324 g/mol. The standard InChI is InChI=1S/C20H16N6/c1-11-3-5-15(21-9-11)16-6-4-13(10-22-16)17-7-14-8-18-20(24-12(2)23-18)26-19(14)25-17/h3-6,8-10H,7H2,1-2H3,(H,23,24,26). The Hall–Kier alpha value is -3.41. The summed E-state index contributed by atoms with van der Waals surface area (Å²) < 4.78 is 0. The van der Waals surface area contributed by atoms with E-state index in [0.717, 1.165) is 57.4 Å². The fraction of sp³-hybridized carbons (Fsp3) is 0.150. The van der Waals surface area contributed by atoms with E-state index >= 15 is 0 Å². The lowest BCUT2D eigenvalue weighted by Gasteiger charge is -2.03. The Morgan fingerprint density at radius 3 is 2.46 bits per heavy atom. The maximum atomic E-state index is 4.69. The summed E-state index contributed by atoms with van der Waals surface area (Å²) in [4.78, 5) is 25.9. The molecule has 0 bridgehead atoms. The zero-order valence-electron chi connectivity index (χ0n) is 14.5. The number of aliphatic imine (C=N–C) groups is 1. The number of nitrogens with one attached hydrogen (secondary N) is 1. The largest absolute Gasteiger partial charge is 0.341 e. The van der Waals surface area contributed by atoms with Gasteiger partial charge in [-0.3, -0.25) is 9.97 Å². The minimum absolute atomic E-state index is 0.713. The van der Waals surface area contributed by atoms with Crippen molar-refractivity contribution in [1.29, 1.82) is 0 Å².